The van der Waals surface area contributed by atoms with E-state index in [0.29, 0.717) is 18.6 Å². The van der Waals surface area contributed by atoms with Gasteiger partial charge in [-0.15, -0.1) is 0 Å². The van der Waals surface area contributed by atoms with E-state index in [9.17, 15) is 4.79 Å². The molecule has 7 heteroatoms. The molecule has 0 radical (unpaired) electrons. The van der Waals surface area contributed by atoms with Crippen LogP contribution in [0, 0.1) is 0 Å². The highest BCUT2D eigenvalue weighted by Gasteiger charge is 2.30. The summed E-state index contributed by atoms with van der Waals surface area (Å²) in [5.41, 5.74) is 2.02. The highest BCUT2D eigenvalue weighted by atomic mass is 32.1. The molecule has 2 aliphatic rings. The maximum atomic E-state index is 12.1. The van der Waals surface area contributed by atoms with Gasteiger partial charge >= 0.3 is 0 Å². The maximum Gasteiger partial charge on any atom is 0.252 e. The molecule has 0 spiro atoms. The molecule has 4 rings (SSSR count). The molecule has 1 amide bonds. The Labute approximate surface area is 151 Å². The third-order valence-electron chi connectivity index (χ3n) is 5.16. The van der Waals surface area contributed by atoms with Crippen LogP contribution in [0.15, 0.2) is 29.1 Å². The predicted octanol–water partition coefficient (Wildman–Crippen LogP) is 2.30. The molecule has 1 saturated heterocycles. The molecular weight excluding hydrogens is 336 g/mol. The largest absolute Gasteiger partial charge is 0.381 e. The molecule has 0 saturated carbocycles. The van der Waals surface area contributed by atoms with Crippen molar-refractivity contribution >= 4 is 17.2 Å². The number of hydrogen-bond acceptors (Lipinski definition) is 5. The zero-order valence-electron chi connectivity index (χ0n) is 14.3. The average Bonchev–Trinajstić information content (AvgIpc) is 3.34. The fourth-order valence-corrected chi connectivity index (χ4v) is 4.44. The van der Waals surface area contributed by atoms with Crippen LogP contribution in [0.2, 0.25) is 0 Å². The van der Waals surface area contributed by atoms with Gasteiger partial charge in [-0.3, -0.25) is 14.4 Å². The number of amides is 1. The van der Waals surface area contributed by atoms with E-state index in [-0.39, 0.29) is 5.91 Å². The summed E-state index contributed by atoms with van der Waals surface area (Å²) in [6.45, 7) is 4.35. The summed E-state index contributed by atoms with van der Waals surface area (Å²) >= 11 is 1.55. The van der Waals surface area contributed by atoms with E-state index in [1.165, 1.54) is 5.69 Å². The summed E-state index contributed by atoms with van der Waals surface area (Å²) in [6.07, 6.45) is 5.00. The van der Waals surface area contributed by atoms with Crippen LogP contribution >= 0.6 is 11.3 Å². The number of carbonyl (C=O) groups excluding carboxylic acids is 1. The Morgan fingerprint density at radius 3 is 3.04 bits per heavy atom. The number of aromatic nitrogens is 2. The number of rotatable bonds is 5. The second-order valence-electron chi connectivity index (χ2n) is 6.75. The summed E-state index contributed by atoms with van der Waals surface area (Å²) in [6, 6.07) is 4.88. The van der Waals surface area contributed by atoms with Gasteiger partial charge in [-0.05, 0) is 36.8 Å². The molecule has 1 atom stereocenters. The van der Waals surface area contributed by atoms with Gasteiger partial charge in [0.1, 0.15) is 0 Å². The van der Waals surface area contributed by atoms with Crippen LogP contribution in [-0.2, 0) is 11.3 Å². The van der Waals surface area contributed by atoms with E-state index in [4.69, 9.17) is 4.74 Å². The van der Waals surface area contributed by atoms with E-state index >= 15 is 0 Å². The molecule has 134 valence electrons. The van der Waals surface area contributed by atoms with Crippen molar-refractivity contribution in [1.29, 1.82) is 0 Å². The van der Waals surface area contributed by atoms with E-state index < -0.39 is 0 Å². The second kappa shape index (κ2) is 7.68. The first-order valence-electron chi connectivity index (χ1n) is 8.96. The summed E-state index contributed by atoms with van der Waals surface area (Å²) in [4.78, 5) is 14.7. The molecule has 0 aliphatic carbocycles. The SMILES string of the molecule is O=C(NCCC1CN(C2CCOCC2)Cc2ccnn21)c1ccsc1. The fraction of sp³-hybridized carbons (Fsp3) is 0.556. The molecule has 2 aliphatic heterocycles. The number of nitrogens with one attached hydrogen (secondary N) is 1. The molecule has 0 bridgehead atoms. The van der Waals surface area contributed by atoms with Gasteiger partial charge in [0, 0.05) is 56.0 Å². The summed E-state index contributed by atoms with van der Waals surface area (Å²) in [7, 11) is 0. The zero-order valence-corrected chi connectivity index (χ0v) is 15.1. The molecule has 4 heterocycles. The highest BCUT2D eigenvalue weighted by molar-refractivity contribution is 7.08. The van der Waals surface area contributed by atoms with Crippen molar-refractivity contribution in [3.8, 4) is 0 Å². The summed E-state index contributed by atoms with van der Waals surface area (Å²) in [5.74, 6) is 0.0130. The molecule has 1 unspecified atom stereocenters. The number of hydrogen-bond donors (Lipinski definition) is 1. The van der Waals surface area contributed by atoms with Gasteiger partial charge < -0.3 is 10.1 Å². The van der Waals surface area contributed by atoms with Crippen molar-refractivity contribution in [2.45, 2.75) is 37.9 Å². The molecule has 0 aromatic carbocycles. The van der Waals surface area contributed by atoms with Gasteiger partial charge in [-0.25, -0.2) is 0 Å². The summed E-state index contributed by atoms with van der Waals surface area (Å²) < 4.78 is 7.65. The quantitative estimate of drug-likeness (QED) is 0.889. The zero-order chi connectivity index (χ0) is 17.1. The highest BCUT2D eigenvalue weighted by Crippen LogP contribution is 2.27. The Kier molecular flexibility index (Phi) is 5.14. The minimum Gasteiger partial charge on any atom is -0.381 e. The number of ether oxygens (including phenoxy) is 1. The first-order valence-corrected chi connectivity index (χ1v) is 9.90. The van der Waals surface area contributed by atoms with Crippen LogP contribution in [0.3, 0.4) is 0 Å². The van der Waals surface area contributed by atoms with Gasteiger partial charge in [0.25, 0.3) is 5.91 Å². The Morgan fingerprint density at radius 1 is 1.36 bits per heavy atom. The number of nitrogens with zero attached hydrogens (tertiary/aromatic N) is 3. The van der Waals surface area contributed by atoms with Crippen molar-refractivity contribution in [2.24, 2.45) is 0 Å². The predicted molar refractivity (Wildman–Crippen MR) is 96.8 cm³/mol. The third kappa shape index (κ3) is 3.78. The molecule has 1 fully saturated rings. The third-order valence-corrected chi connectivity index (χ3v) is 5.85. The van der Waals surface area contributed by atoms with Crippen molar-refractivity contribution < 1.29 is 9.53 Å². The van der Waals surface area contributed by atoms with E-state index in [1.807, 2.05) is 23.0 Å². The molecular formula is C18H24N4O2S. The topological polar surface area (TPSA) is 59.4 Å². The number of carbonyl (C=O) groups is 1. The Morgan fingerprint density at radius 2 is 2.24 bits per heavy atom. The van der Waals surface area contributed by atoms with Crippen LogP contribution in [0.1, 0.15) is 41.4 Å². The molecule has 2 aromatic rings. The lowest BCUT2D eigenvalue weighted by Crippen LogP contribution is -2.46. The van der Waals surface area contributed by atoms with Gasteiger partial charge in [0.2, 0.25) is 0 Å². The van der Waals surface area contributed by atoms with Crippen molar-refractivity contribution in [1.82, 2.24) is 20.0 Å². The van der Waals surface area contributed by atoms with Crippen LogP contribution < -0.4 is 5.32 Å². The normalized spacial score (nSPS) is 21.8. The van der Waals surface area contributed by atoms with Gasteiger partial charge in [-0.2, -0.15) is 16.4 Å². The minimum absolute atomic E-state index is 0.0130. The number of thiophene rings is 1. The summed E-state index contributed by atoms with van der Waals surface area (Å²) in [5, 5.41) is 11.4. The second-order valence-corrected chi connectivity index (χ2v) is 7.53. The lowest BCUT2D eigenvalue weighted by molar-refractivity contribution is 0.0158. The van der Waals surface area contributed by atoms with Crippen molar-refractivity contribution in [2.75, 3.05) is 26.3 Å². The Hall–Kier alpha value is -1.70. The van der Waals surface area contributed by atoms with Crippen LogP contribution in [0.4, 0.5) is 0 Å². The van der Waals surface area contributed by atoms with E-state index in [1.54, 1.807) is 11.3 Å². The Bertz CT molecular complexity index is 694. The molecule has 6 nitrogen and oxygen atoms in total. The monoisotopic (exact) mass is 360 g/mol. The van der Waals surface area contributed by atoms with Gasteiger partial charge in [-0.1, -0.05) is 0 Å². The molecule has 1 N–H and O–H groups in total. The minimum atomic E-state index is 0.0130. The lowest BCUT2D eigenvalue weighted by atomic mass is 10.0. The van der Waals surface area contributed by atoms with Crippen LogP contribution in [0.25, 0.3) is 0 Å². The first-order chi connectivity index (χ1) is 12.3. The van der Waals surface area contributed by atoms with Crippen molar-refractivity contribution in [3.63, 3.8) is 0 Å². The van der Waals surface area contributed by atoms with Gasteiger partial charge in [0.15, 0.2) is 0 Å². The first kappa shape index (κ1) is 16.8. The molecule has 25 heavy (non-hydrogen) atoms. The van der Waals surface area contributed by atoms with Crippen molar-refractivity contribution in [3.05, 3.63) is 40.3 Å². The smallest absolute Gasteiger partial charge is 0.252 e. The molecule has 2 aromatic heterocycles. The Balaban J connectivity index is 1.37. The number of fused-ring (bicyclic) bond motifs is 1. The van der Waals surface area contributed by atoms with E-state index in [0.717, 1.165) is 51.1 Å². The fourth-order valence-electron chi connectivity index (χ4n) is 3.81. The van der Waals surface area contributed by atoms with E-state index in [2.05, 4.69) is 26.1 Å². The standard InChI is InChI=1S/C18H24N4O2S/c23-18(14-5-10-25-13-14)19-6-1-16-11-21(15-3-8-24-9-4-15)12-17-2-7-20-22(16)17/h2,5,7,10,13,15-16H,1,3-4,6,8-9,11-12H2,(H,19,23). The maximum absolute atomic E-state index is 12.1. The van der Waals surface area contributed by atoms with Gasteiger partial charge in [0.05, 0.1) is 11.7 Å². The van der Waals surface area contributed by atoms with Crippen LogP contribution in [-0.4, -0.2) is 52.9 Å². The van der Waals surface area contributed by atoms with Crippen LogP contribution in [0.5, 0.6) is 0 Å². The lowest BCUT2D eigenvalue weighted by Gasteiger charge is -2.40. The average molecular weight is 360 g/mol.